The molecule has 29 heavy (non-hydrogen) atoms. The van der Waals surface area contributed by atoms with Gasteiger partial charge in [-0.3, -0.25) is 9.29 Å². The summed E-state index contributed by atoms with van der Waals surface area (Å²) in [5.41, 5.74) is 3.58. The van der Waals surface area contributed by atoms with Crippen molar-refractivity contribution in [2.45, 2.75) is 26.3 Å². The highest BCUT2D eigenvalue weighted by Crippen LogP contribution is 2.25. The first-order valence-corrected chi connectivity index (χ1v) is 11.3. The van der Waals surface area contributed by atoms with Gasteiger partial charge in [-0.25, -0.2) is 18.4 Å². The largest absolute Gasteiger partial charge is 0.366 e. The lowest BCUT2D eigenvalue weighted by atomic mass is 10.2. The highest BCUT2D eigenvalue weighted by atomic mass is 32.2. The van der Waals surface area contributed by atoms with E-state index < -0.39 is 10.0 Å². The molecule has 2 aromatic heterocycles. The van der Waals surface area contributed by atoms with Gasteiger partial charge >= 0.3 is 0 Å². The van der Waals surface area contributed by atoms with Crippen LogP contribution in [-0.2, 0) is 23.0 Å². The molecule has 7 nitrogen and oxygen atoms in total. The second-order valence-electron chi connectivity index (χ2n) is 6.92. The summed E-state index contributed by atoms with van der Waals surface area (Å²) in [5.74, 6) is 1.61. The topological polar surface area (TPSA) is 88.1 Å². The fraction of sp³-hybridized carbons (Fsp3) is 0.286. The first-order chi connectivity index (χ1) is 14.0. The maximum atomic E-state index is 12.2. The van der Waals surface area contributed by atoms with Gasteiger partial charge in [0, 0.05) is 42.8 Å². The molecule has 1 aliphatic heterocycles. The lowest BCUT2D eigenvalue weighted by Gasteiger charge is -2.18. The van der Waals surface area contributed by atoms with E-state index >= 15 is 0 Å². The van der Waals surface area contributed by atoms with Gasteiger partial charge in [-0.05, 0) is 42.7 Å². The van der Waals surface area contributed by atoms with Crippen LogP contribution < -0.4 is 9.62 Å². The molecule has 0 amide bonds. The van der Waals surface area contributed by atoms with Crippen molar-refractivity contribution in [3.05, 3.63) is 66.1 Å². The zero-order chi connectivity index (χ0) is 20.3. The summed E-state index contributed by atoms with van der Waals surface area (Å²) < 4.78 is 25.9. The van der Waals surface area contributed by atoms with Crippen molar-refractivity contribution in [3.8, 4) is 11.4 Å². The Labute approximate surface area is 170 Å². The summed E-state index contributed by atoms with van der Waals surface area (Å²) >= 11 is 0. The van der Waals surface area contributed by atoms with E-state index in [1.54, 1.807) is 12.4 Å². The van der Waals surface area contributed by atoms with Crippen molar-refractivity contribution in [1.29, 1.82) is 0 Å². The summed E-state index contributed by atoms with van der Waals surface area (Å²) in [5, 5.41) is 3.35. The van der Waals surface area contributed by atoms with E-state index in [1.165, 1.54) is 4.31 Å². The predicted octanol–water partition coefficient (Wildman–Crippen LogP) is 3.25. The van der Waals surface area contributed by atoms with E-state index in [0.717, 1.165) is 34.7 Å². The summed E-state index contributed by atoms with van der Waals surface area (Å²) in [6, 6.07) is 13.3. The van der Waals surface area contributed by atoms with E-state index in [0.29, 0.717) is 25.3 Å². The van der Waals surface area contributed by atoms with Crippen molar-refractivity contribution < 1.29 is 8.42 Å². The van der Waals surface area contributed by atoms with Gasteiger partial charge in [-0.15, -0.1) is 0 Å². The Morgan fingerprint density at radius 1 is 1.10 bits per heavy atom. The Kier molecular flexibility index (Phi) is 5.44. The van der Waals surface area contributed by atoms with Crippen LogP contribution in [0.5, 0.6) is 0 Å². The molecule has 0 saturated carbocycles. The fourth-order valence-corrected chi connectivity index (χ4v) is 4.90. The number of pyridine rings is 1. The average molecular weight is 410 g/mol. The Morgan fingerprint density at radius 3 is 2.66 bits per heavy atom. The Balaban J connectivity index is 1.54. The number of hydrogen-bond acceptors (Lipinski definition) is 6. The van der Waals surface area contributed by atoms with E-state index in [-0.39, 0.29) is 5.75 Å². The highest BCUT2D eigenvalue weighted by Gasteiger charge is 2.28. The molecule has 1 aliphatic rings. The van der Waals surface area contributed by atoms with Crippen LogP contribution in [-0.4, -0.2) is 35.7 Å². The number of nitrogens with zero attached hydrogens (tertiary/aromatic N) is 4. The quantitative estimate of drug-likeness (QED) is 0.672. The van der Waals surface area contributed by atoms with Crippen molar-refractivity contribution in [2.24, 2.45) is 0 Å². The molecule has 4 rings (SSSR count). The molecule has 3 heterocycles. The van der Waals surface area contributed by atoms with Crippen LogP contribution in [0.4, 0.5) is 11.5 Å². The number of anilines is 2. The SMILES string of the molecule is CCc1cc(NCc2cccc(N3CCCS3(=O)=O)c2)nc(-c2ccncc2)n1. The minimum atomic E-state index is -3.18. The molecule has 0 radical (unpaired) electrons. The molecule has 0 atom stereocenters. The standard InChI is InChI=1S/C21H23N5O2S/c1-2-18-14-20(25-21(24-18)17-7-9-22-10-8-17)23-15-16-5-3-6-19(13-16)26-11-4-12-29(26,27)28/h3,5-10,13-14H,2,4,11-12,15H2,1H3,(H,23,24,25). The molecule has 3 aromatic rings. The van der Waals surface area contributed by atoms with Gasteiger partial charge in [0.15, 0.2) is 5.82 Å². The van der Waals surface area contributed by atoms with Gasteiger partial charge in [0.2, 0.25) is 10.0 Å². The third-order valence-corrected chi connectivity index (χ3v) is 6.72. The maximum absolute atomic E-state index is 12.2. The molecule has 0 aliphatic carbocycles. The zero-order valence-corrected chi connectivity index (χ0v) is 17.1. The van der Waals surface area contributed by atoms with E-state index in [9.17, 15) is 8.42 Å². The molecule has 1 N–H and O–H groups in total. The molecule has 0 unspecified atom stereocenters. The summed E-state index contributed by atoms with van der Waals surface area (Å²) in [4.78, 5) is 13.3. The number of sulfonamides is 1. The number of rotatable bonds is 6. The second kappa shape index (κ2) is 8.16. The lowest BCUT2D eigenvalue weighted by Crippen LogP contribution is -2.25. The van der Waals surface area contributed by atoms with Crippen molar-refractivity contribution in [3.63, 3.8) is 0 Å². The predicted molar refractivity (Wildman–Crippen MR) is 114 cm³/mol. The van der Waals surface area contributed by atoms with Crippen LogP contribution in [0.3, 0.4) is 0 Å². The molecule has 1 fully saturated rings. The monoisotopic (exact) mass is 409 g/mol. The van der Waals surface area contributed by atoms with Gasteiger partial charge in [0.25, 0.3) is 0 Å². The van der Waals surface area contributed by atoms with Crippen LogP contribution in [0.2, 0.25) is 0 Å². The third-order valence-electron chi connectivity index (χ3n) is 4.85. The Bertz CT molecular complexity index is 1100. The van der Waals surface area contributed by atoms with E-state index in [4.69, 9.17) is 0 Å². The van der Waals surface area contributed by atoms with Crippen molar-refractivity contribution in [1.82, 2.24) is 15.0 Å². The van der Waals surface area contributed by atoms with Gasteiger partial charge in [0.05, 0.1) is 11.4 Å². The van der Waals surface area contributed by atoms with Crippen LogP contribution in [0.1, 0.15) is 24.6 Å². The number of nitrogens with one attached hydrogen (secondary N) is 1. The minimum absolute atomic E-state index is 0.216. The summed E-state index contributed by atoms with van der Waals surface area (Å²) in [6.45, 7) is 3.14. The summed E-state index contributed by atoms with van der Waals surface area (Å²) in [6.07, 6.45) is 4.92. The van der Waals surface area contributed by atoms with E-state index in [2.05, 4.69) is 27.2 Å². The van der Waals surface area contributed by atoms with Gasteiger partial charge in [-0.2, -0.15) is 0 Å². The Hall–Kier alpha value is -3.00. The first-order valence-electron chi connectivity index (χ1n) is 9.67. The lowest BCUT2D eigenvalue weighted by molar-refractivity contribution is 0.599. The molecule has 1 saturated heterocycles. The smallest absolute Gasteiger partial charge is 0.235 e. The molecule has 0 bridgehead atoms. The van der Waals surface area contributed by atoms with Crippen LogP contribution in [0.15, 0.2) is 54.9 Å². The van der Waals surface area contributed by atoms with Crippen LogP contribution in [0.25, 0.3) is 11.4 Å². The molecule has 8 heteroatoms. The third kappa shape index (κ3) is 4.37. The van der Waals surface area contributed by atoms with Crippen molar-refractivity contribution >= 4 is 21.5 Å². The molecular weight excluding hydrogens is 386 g/mol. The second-order valence-corrected chi connectivity index (χ2v) is 8.94. The van der Waals surface area contributed by atoms with Gasteiger partial charge < -0.3 is 5.32 Å². The molecular formula is C21H23N5O2S. The average Bonchev–Trinajstić information content (AvgIpc) is 3.12. The van der Waals surface area contributed by atoms with Crippen LogP contribution in [0, 0.1) is 0 Å². The number of aromatic nitrogens is 3. The van der Waals surface area contributed by atoms with Crippen LogP contribution >= 0.6 is 0 Å². The van der Waals surface area contributed by atoms with Gasteiger partial charge in [-0.1, -0.05) is 19.1 Å². The fourth-order valence-electron chi connectivity index (χ4n) is 3.34. The number of hydrogen-bond donors (Lipinski definition) is 1. The molecule has 0 spiro atoms. The molecule has 1 aromatic carbocycles. The summed E-state index contributed by atoms with van der Waals surface area (Å²) in [7, 11) is -3.18. The first kappa shape index (κ1) is 19.3. The maximum Gasteiger partial charge on any atom is 0.235 e. The van der Waals surface area contributed by atoms with Gasteiger partial charge in [0.1, 0.15) is 5.82 Å². The molecule has 150 valence electrons. The van der Waals surface area contributed by atoms with Crippen molar-refractivity contribution in [2.75, 3.05) is 21.9 Å². The Morgan fingerprint density at radius 2 is 1.93 bits per heavy atom. The van der Waals surface area contributed by atoms with E-state index in [1.807, 2.05) is 42.5 Å². The number of aryl methyl sites for hydroxylation is 1. The minimum Gasteiger partial charge on any atom is -0.366 e. The highest BCUT2D eigenvalue weighted by molar-refractivity contribution is 7.93. The normalized spacial score (nSPS) is 15.4. The number of benzene rings is 1. The zero-order valence-electron chi connectivity index (χ0n) is 16.2.